The second-order valence-corrected chi connectivity index (χ2v) is 17.6. The summed E-state index contributed by atoms with van der Waals surface area (Å²) in [5, 5.41) is 8.65. The molecule has 6 heteroatoms. The summed E-state index contributed by atoms with van der Waals surface area (Å²) in [7, 11) is 0. The van der Waals surface area contributed by atoms with Gasteiger partial charge in [-0.1, -0.05) is 97.8 Å². The van der Waals surface area contributed by atoms with Gasteiger partial charge >= 0.3 is 0 Å². The van der Waals surface area contributed by atoms with E-state index in [-0.39, 0.29) is 5.41 Å². The van der Waals surface area contributed by atoms with Crippen molar-refractivity contribution in [2.45, 2.75) is 31.1 Å². The second kappa shape index (κ2) is 16.2. The largest absolute Gasteiger partial charge is 0.316 e. The highest BCUT2D eigenvalue weighted by Crippen LogP contribution is 2.48. The highest BCUT2D eigenvalue weighted by molar-refractivity contribution is 7.14. The van der Waals surface area contributed by atoms with E-state index >= 15 is 0 Å². The summed E-state index contributed by atoms with van der Waals surface area (Å²) in [6.45, 7) is 0. The van der Waals surface area contributed by atoms with Gasteiger partial charge in [0.05, 0.1) is 0 Å². The fourth-order valence-electron chi connectivity index (χ4n) is 7.86. The first-order chi connectivity index (χ1) is 27.2. The Hall–Kier alpha value is -5.24. The van der Waals surface area contributed by atoms with Gasteiger partial charge in [-0.2, -0.15) is 0 Å². The van der Waals surface area contributed by atoms with E-state index in [0.29, 0.717) is 0 Å². The van der Waals surface area contributed by atoms with Gasteiger partial charge in [0.1, 0.15) is 0 Å². The lowest BCUT2D eigenvalue weighted by Gasteiger charge is -2.32. The van der Waals surface area contributed by atoms with Crippen molar-refractivity contribution < 1.29 is 0 Å². The fraction of sp³-hybridized carbons (Fsp3) is 0.102. The van der Waals surface area contributed by atoms with E-state index in [1.807, 2.05) is 0 Å². The molecule has 0 aliphatic heterocycles. The molecular formula is C49H40N2S4. The fourth-order valence-corrected chi connectivity index (χ4v) is 11.0. The maximum Gasteiger partial charge on any atom is 0.0455 e. The zero-order valence-electron chi connectivity index (χ0n) is 30.3. The molecule has 55 heavy (non-hydrogen) atoms. The number of nitrogens with zero attached hydrogens (tertiary/aromatic N) is 2. The molecule has 0 spiro atoms. The van der Waals surface area contributed by atoms with Crippen LogP contribution in [0.3, 0.4) is 0 Å². The van der Waals surface area contributed by atoms with Gasteiger partial charge in [-0.25, -0.2) is 0 Å². The van der Waals surface area contributed by atoms with Crippen LogP contribution in [0.4, 0.5) is 22.7 Å². The molecular weight excluding hydrogens is 745 g/mol. The molecule has 4 heterocycles. The summed E-state index contributed by atoms with van der Waals surface area (Å²) < 4.78 is 0. The highest BCUT2D eigenvalue weighted by atomic mass is 32.1. The Kier molecular flexibility index (Phi) is 10.5. The molecule has 0 bridgehead atoms. The molecule has 8 aromatic rings. The molecule has 9 rings (SSSR count). The summed E-state index contributed by atoms with van der Waals surface area (Å²) >= 11 is 7.15. The molecule has 0 N–H and O–H groups in total. The van der Waals surface area contributed by atoms with Crippen molar-refractivity contribution in [1.29, 1.82) is 0 Å². The van der Waals surface area contributed by atoms with Gasteiger partial charge in [0.25, 0.3) is 0 Å². The standard InChI is InChI=1S/C49H40N2S4/c1-3-13-39(14-4-1)50(35-43(45-17-9-31-52-45)46-18-10-32-53-46)41-25-21-37(22-26-41)49(29-7-8-30-49)38-23-27-42(28-24-38)51(40-15-5-2-6-16-40)36-44(47-19-11-33-54-47)48-20-12-34-55-48/h1-6,9-28,31-36H,7-8,29-30H2. The summed E-state index contributed by atoms with van der Waals surface area (Å²) in [5.41, 5.74) is 9.85. The molecule has 4 aromatic carbocycles. The zero-order chi connectivity index (χ0) is 36.9. The van der Waals surface area contributed by atoms with Gasteiger partial charge in [0.15, 0.2) is 0 Å². The minimum absolute atomic E-state index is 0.0178. The average Bonchev–Trinajstić information content (AvgIpc) is 4.11. The van der Waals surface area contributed by atoms with Gasteiger partial charge < -0.3 is 9.80 Å². The number of benzene rings is 4. The SMILES string of the molecule is C(=C(c1cccs1)c1cccs1)N(c1ccccc1)c1ccc(C2(c3ccc(N(C=C(c4cccs4)c4cccs4)c4ccccc4)cc3)CCCC2)cc1. The minimum atomic E-state index is -0.0178. The molecule has 0 radical (unpaired) electrons. The topological polar surface area (TPSA) is 6.48 Å². The summed E-state index contributed by atoms with van der Waals surface area (Å²) in [6.07, 6.45) is 9.41. The van der Waals surface area contributed by atoms with Gasteiger partial charge in [-0.3, -0.25) is 0 Å². The van der Waals surface area contributed by atoms with Crippen molar-refractivity contribution in [2.75, 3.05) is 9.80 Å². The van der Waals surface area contributed by atoms with Gasteiger partial charge in [-0.05, 0) is 118 Å². The Morgan fingerprint density at radius 3 is 1.02 bits per heavy atom. The van der Waals surface area contributed by atoms with E-state index in [1.54, 1.807) is 45.3 Å². The molecule has 0 unspecified atom stereocenters. The molecule has 2 nitrogen and oxygen atoms in total. The van der Waals surface area contributed by atoms with Crippen LogP contribution in [0.1, 0.15) is 56.3 Å². The Bertz CT molecular complexity index is 2190. The Morgan fingerprint density at radius 2 is 0.709 bits per heavy atom. The number of thiophene rings is 4. The second-order valence-electron chi connectivity index (χ2n) is 13.8. The van der Waals surface area contributed by atoms with E-state index in [9.17, 15) is 0 Å². The van der Waals surface area contributed by atoms with Gasteiger partial charge in [0, 0.05) is 71.2 Å². The van der Waals surface area contributed by atoms with Crippen LogP contribution in [0.15, 0.2) is 192 Å². The van der Waals surface area contributed by atoms with Gasteiger partial charge in [-0.15, -0.1) is 45.3 Å². The normalized spacial score (nSPS) is 13.3. The molecule has 0 amide bonds. The van der Waals surface area contributed by atoms with Crippen LogP contribution in [-0.4, -0.2) is 0 Å². The number of hydrogen-bond donors (Lipinski definition) is 0. The van der Waals surface area contributed by atoms with Crippen LogP contribution >= 0.6 is 45.3 Å². The van der Waals surface area contributed by atoms with Crippen LogP contribution in [0, 0.1) is 0 Å². The third-order valence-corrected chi connectivity index (χ3v) is 14.2. The summed E-state index contributed by atoms with van der Waals surface area (Å²) in [5.74, 6) is 0. The summed E-state index contributed by atoms with van der Waals surface area (Å²) in [4.78, 5) is 9.77. The Labute approximate surface area is 340 Å². The lowest BCUT2D eigenvalue weighted by atomic mass is 9.73. The molecule has 270 valence electrons. The number of anilines is 4. The highest BCUT2D eigenvalue weighted by Gasteiger charge is 2.37. The summed E-state index contributed by atoms with van der Waals surface area (Å²) in [6, 6.07) is 57.8. The first kappa shape index (κ1) is 35.5. The molecule has 1 aliphatic carbocycles. The van der Waals surface area contributed by atoms with Crippen molar-refractivity contribution in [3.05, 3.63) is 222 Å². The quantitative estimate of drug-likeness (QED) is 0.122. The zero-order valence-corrected chi connectivity index (χ0v) is 33.6. The minimum Gasteiger partial charge on any atom is -0.316 e. The lowest BCUT2D eigenvalue weighted by Crippen LogP contribution is -2.24. The molecule has 1 aliphatic rings. The predicted molar refractivity (Wildman–Crippen MR) is 241 cm³/mol. The monoisotopic (exact) mass is 784 g/mol. The van der Waals surface area contributed by atoms with Crippen LogP contribution < -0.4 is 9.80 Å². The van der Waals surface area contributed by atoms with Crippen LogP contribution in [0.25, 0.3) is 11.1 Å². The molecule has 0 atom stereocenters. The average molecular weight is 785 g/mol. The number of rotatable bonds is 12. The van der Waals surface area contributed by atoms with Gasteiger partial charge in [0.2, 0.25) is 0 Å². The Morgan fingerprint density at radius 1 is 0.382 bits per heavy atom. The third-order valence-electron chi connectivity index (χ3n) is 10.6. The van der Waals surface area contributed by atoms with Crippen molar-refractivity contribution in [1.82, 2.24) is 0 Å². The van der Waals surface area contributed by atoms with E-state index in [2.05, 4.69) is 201 Å². The number of para-hydroxylation sites is 2. The maximum absolute atomic E-state index is 2.39. The third kappa shape index (κ3) is 7.43. The van der Waals surface area contributed by atoms with Crippen molar-refractivity contribution >= 4 is 79.2 Å². The van der Waals surface area contributed by atoms with E-state index in [4.69, 9.17) is 0 Å². The first-order valence-corrected chi connectivity index (χ1v) is 22.3. The first-order valence-electron chi connectivity index (χ1n) is 18.7. The molecule has 1 saturated carbocycles. The predicted octanol–water partition coefficient (Wildman–Crippen LogP) is 15.2. The van der Waals surface area contributed by atoms with Crippen LogP contribution in [0.5, 0.6) is 0 Å². The van der Waals surface area contributed by atoms with Crippen LogP contribution in [0.2, 0.25) is 0 Å². The molecule has 1 fully saturated rings. The number of hydrogen-bond acceptors (Lipinski definition) is 6. The van der Waals surface area contributed by atoms with Crippen LogP contribution in [-0.2, 0) is 5.41 Å². The molecule has 4 aromatic heterocycles. The maximum atomic E-state index is 2.39. The smallest absolute Gasteiger partial charge is 0.0455 e. The molecule has 0 saturated heterocycles. The van der Waals surface area contributed by atoms with E-state index in [0.717, 1.165) is 35.6 Å². The Balaban J connectivity index is 1.07. The van der Waals surface area contributed by atoms with Crippen molar-refractivity contribution in [2.24, 2.45) is 0 Å². The van der Waals surface area contributed by atoms with Crippen molar-refractivity contribution in [3.63, 3.8) is 0 Å². The van der Waals surface area contributed by atoms with E-state index < -0.39 is 0 Å². The lowest BCUT2D eigenvalue weighted by molar-refractivity contribution is 0.535. The van der Waals surface area contributed by atoms with Crippen molar-refractivity contribution in [3.8, 4) is 0 Å². The van der Waals surface area contributed by atoms with E-state index in [1.165, 1.54) is 54.6 Å².